The second-order valence-corrected chi connectivity index (χ2v) is 22.1. The molecule has 4 aromatic carbocycles. The summed E-state index contributed by atoms with van der Waals surface area (Å²) in [5, 5.41) is 3.04. The molecule has 2 heterocycles. The van der Waals surface area contributed by atoms with Crippen LogP contribution in [0.1, 0.15) is 70.2 Å². The fourth-order valence-electron chi connectivity index (χ4n) is 7.06. The molecule has 6 rings (SSSR count). The Bertz CT molecular complexity index is 1370. The molecule has 0 saturated carbocycles. The molecule has 0 bridgehead atoms. The van der Waals surface area contributed by atoms with Gasteiger partial charge in [-0.05, 0) is 25.7 Å². The summed E-state index contributed by atoms with van der Waals surface area (Å²) in [5.74, 6) is 0. The monoisotopic (exact) mass is 1030 g/mol. The maximum Gasteiger partial charge on any atom is 0.0466 e. The van der Waals surface area contributed by atoms with Crippen molar-refractivity contribution in [1.82, 2.24) is 0 Å². The van der Waals surface area contributed by atoms with Crippen molar-refractivity contribution in [2.24, 2.45) is 0 Å². The Morgan fingerprint density at radius 2 is 0.680 bits per heavy atom. The van der Waals surface area contributed by atoms with Crippen LogP contribution in [0.3, 0.4) is 0 Å². The zero-order chi connectivity index (χ0) is 35.5. The minimum atomic E-state index is -1.79. The minimum Gasteiger partial charge on any atom is -0.692 e. The average Bonchev–Trinajstić information content (AvgIpc) is 3.88. The van der Waals surface area contributed by atoms with Crippen molar-refractivity contribution in [2.75, 3.05) is 26.4 Å². The number of nitrogens with zero attached hydrogens (tertiary/aromatic N) is 2. The zero-order valence-electron chi connectivity index (χ0n) is 32.7. The van der Waals surface area contributed by atoms with Gasteiger partial charge in [-0.25, -0.2) is 0 Å². The molecule has 4 aromatic rings. The molecule has 0 unspecified atom stereocenters. The molecule has 2 saturated heterocycles. The summed E-state index contributed by atoms with van der Waals surface area (Å²) in [6, 6.07) is 20.7. The predicted octanol–water partition coefficient (Wildman–Crippen LogP) is 11.1. The topological polar surface area (TPSA) is 46.7 Å². The van der Waals surface area contributed by atoms with Crippen LogP contribution in [0.15, 0.2) is 60.7 Å². The van der Waals surface area contributed by atoms with Gasteiger partial charge in [0.1, 0.15) is 0 Å². The van der Waals surface area contributed by atoms with Crippen molar-refractivity contribution in [1.29, 1.82) is 0 Å². The summed E-state index contributed by atoms with van der Waals surface area (Å²) in [5.41, 5.74) is 13.8. The van der Waals surface area contributed by atoms with Crippen LogP contribution in [-0.2, 0) is 9.47 Å². The van der Waals surface area contributed by atoms with Crippen LogP contribution in [0.2, 0.25) is 26.2 Å². The van der Waals surface area contributed by atoms with Gasteiger partial charge in [0, 0.05) is 120 Å². The Kier molecular flexibility index (Phi) is 22.3. The molecule has 292 valence electrons. The normalized spacial score (nSPS) is 13.7. The molecule has 0 atom stereocenters. The summed E-state index contributed by atoms with van der Waals surface area (Å²) in [4.78, 5) is 10.2. The van der Waals surface area contributed by atoms with Crippen LogP contribution < -0.4 is 10.4 Å². The number of ether oxygens (including phenoxy) is 2. The van der Waals surface area contributed by atoms with Gasteiger partial charge in [0.05, 0.1) is 0 Å². The van der Waals surface area contributed by atoms with Gasteiger partial charge < -0.3 is 19.4 Å². The third kappa shape index (κ3) is 13.8. The fraction of sp³-hybridized carbons (Fsp3) is 0.476. The molecular weight excluding hydrogens is 967 g/mol. The first-order chi connectivity index (χ1) is 22.7. The van der Waals surface area contributed by atoms with Gasteiger partial charge >= 0.3 is 0 Å². The summed E-state index contributed by atoms with van der Waals surface area (Å²) < 4.78 is 9.89. The third-order valence-corrected chi connectivity index (χ3v) is 15.7. The molecule has 2 fully saturated rings. The van der Waals surface area contributed by atoms with Gasteiger partial charge in [-0.3, -0.25) is 0 Å². The number of benzene rings is 2. The molecule has 0 amide bonds. The molecule has 2 aliphatic heterocycles. The summed E-state index contributed by atoms with van der Waals surface area (Å²) >= 11 is 0. The molecule has 4 nitrogen and oxygen atoms in total. The predicted molar refractivity (Wildman–Crippen MR) is 215 cm³/mol. The Labute approximate surface area is 385 Å². The van der Waals surface area contributed by atoms with Crippen molar-refractivity contribution < 1.29 is 103 Å². The van der Waals surface area contributed by atoms with E-state index in [2.05, 4.69) is 130 Å². The molecule has 0 N–H and O–H groups in total. The molecule has 2 aliphatic rings. The smallest absolute Gasteiger partial charge is 0.0466 e. The van der Waals surface area contributed by atoms with Crippen LogP contribution in [0.5, 0.6) is 0 Å². The van der Waals surface area contributed by atoms with Gasteiger partial charge in [-0.1, -0.05) is 159 Å². The van der Waals surface area contributed by atoms with Crippen molar-refractivity contribution in [3.63, 3.8) is 0 Å². The minimum absolute atomic E-state index is 0. The Balaban J connectivity index is 0.000000378. The summed E-state index contributed by atoms with van der Waals surface area (Å²) in [7, 11) is -3.59. The van der Waals surface area contributed by atoms with Crippen LogP contribution >= 0.6 is 0 Å². The number of hydrogen-bond donors (Lipinski definition) is 0. The van der Waals surface area contributed by atoms with E-state index in [0.717, 1.165) is 37.8 Å². The average molecular weight is 1030 g/mol. The largest absolute Gasteiger partial charge is 0.692 e. The first-order valence-corrected chi connectivity index (χ1v) is 23.8. The van der Waals surface area contributed by atoms with E-state index in [0.29, 0.717) is 0 Å². The van der Waals surface area contributed by atoms with Gasteiger partial charge in [0.2, 0.25) is 0 Å². The van der Waals surface area contributed by atoms with Crippen molar-refractivity contribution in [2.45, 2.75) is 107 Å². The second-order valence-electron chi connectivity index (χ2n) is 14.4. The first kappa shape index (κ1) is 48.2. The molecule has 0 spiro atoms. The number of rotatable bonds is 6. The first-order valence-electron chi connectivity index (χ1n) is 17.9. The van der Waals surface area contributed by atoms with Gasteiger partial charge in [0.15, 0.2) is 0 Å². The van der Waals surface area contributed by atoms with E-state index >= 15 is 0 Å². The summed E-state index contributed by atoms with van der Waals surface area (Å²) in [6.45, 7) is 31.3. The Morgan fingerprint density at radius 3 is 0.880 bits per heavy atom. The molecule has 8 heteroatoms. The van der Waals surface area contributed by atoms with Crippen LogP contribution in [0, 0.1) is 149 Å². The zero-order valence-corrected chi connectivity index (χ0v) is 38.1. The fourth-order valence-corrected chi connectivity index (χ4v) is 13.3. The van der Waals surface area contributed by atoms with E-state index in [4.69, 9.17) is 19.4 Å². The van der Waals surface area contributed by atoms with Crippen LogP contribution in [0.25, 0.3) is 9.96 Å². The molecule has 0 aliphatic carbocycles. The SMILES string of the molecule is C1CCOC1.C1CCOC1.Cc1c(C)c(C)[c-]([Si](C)(C)[N-]c2ccccc2)c1C.Cc1c(C)c(C)[c-]([Si](C)(C)[N-]c2ccccc2)c1C.[Yb].[Yb]. The molecular formula is C42H62N2O2Si2Yb2-4. The van der Waals surface area contributed by atoms with Crippen molar-refractivity contribution in [3.8, 4) is 0 Å². The van der Waals surface area contributed by atoms with Gasteiger partial charge in [0.25, 0.3) is 0 Å². The van der Waals surface area contributed by atoms with E-state index in [1.807, 2.05) is 12.1 Å². The van der Waals surface area contributed by atoms with Gasteiger partial charge in [-0.15, -0.1) is 11.4 Å². The van der Waals surface area contributed by atoms with Crippen LogP contribution in [0.4, 0.5) is 11.4 Å². The standard InChI is InChI=1S/2C17H23NSi.2C4H8O.2Yb/c2*1-12-13(2)15(4)17(14(12)3)19(5,6)18-16-10-8-7-9-11-16;2*1-2-4-5-3-1;;/h2*7-11H,1-6H3;2*1-4H2;;/q2*-2;;;;. The van der Waals surface area contributed by atoms with E-state index in [-0.39, 0.29) is 93.8 Å². The van der Waals surface area contributed by atoms with Crippen molar-refractivity contribution in [3.05, 3.63) is 115 Å². The van der Waals surface area contributed by atoms with E-state index < -0.39 is 16.5 Å². The summed E-state index contributed by atoms with van der Waals surface area (Å²) in [6.07, 6.45) is 5.11. The Hall–Kier alpha value is 0.133. The quantitative estimate of drug-likeness (QED) is 0.143. The third-order valence-electron chi connectivity index (χ3n) is 10.1. The molecule has 50 heavy (non-hydrogen) atoms. The maximum atomic E-state index is 5.08. The molecule has 0 aromatic heterocycles. The Morgan fingerprint density at radius 1 is 0.440 bits per heavy atom. The maximum absolute atomic E-state index is 5.08. The van der Waals surface area contributed by atoms with Crippen LogP contribution in [-0.4, -0.2) is 42.9 Å². The van der Waals surface area contributed by atoms with E-state index in [9.17, 15) is 0 Å². The van der Waals surface area contributed by atoms with Gasteiger partial charge in [-0.2, -0.15) is 54.9 Å². The second kappa shape index (κ2) is 23.1. The number of hydrogen-bond acceptors (Lipinski definition) is 2. The van der Waals surface area contributed by atoms with E-state index in [1.165, 1.54) is 80.6 Å². The van der Waals surface area contributed by atoms with Crippen molar-refractivity contribution >= 4 is 38.2 Å². The molecule has 0 radical (unpaired) electrons. The van der Waals surface area contributed by atoms with E-state index in [1.54, 1.807) is 0 Å².